The largest absolute Gasteiger partial charge is 0.373 e. The number of anilines is 2. The number of halogens is 2. The lowest BCUT2D eigenvalue weighted by molar-refractivity contribution is 0.0951. The molecule has 0 unspecified atom stereocenters. The minimum Gasteiger partial charge on any atom is -0.373 e. The first-order valence-electron chi connectivity index (χ1n) is 11.2. The van der Waals surface area contributed by atoms with Gasteiger partial charge in [0, 0.05) is 53.9 Å². The lowest BCUT2D eigenvalue weighted by Gasteiger charge is -2.18. The summed E-state index contributed by atoms with van der Waals surface area (Å²) in [4.78, 5) is 24.4. The predicted octanol–water partition coefficient (Wildman–Crippen LogP) is 5.94. The zero-order chi connectivity index (χ0) is 24.4. The van der Waals surface area contributed by atoms with Crippen LogP contribution in [-0.2, 0) is 19.6 Å². The highest BCUT2D eigenvalue weighted by Gasteiger charge is 2.23. The Hall–Kier alpha value is -3.61. The van der Waals surface area contributed by atoms with Crippen molar-refractivity contribution >= 4 is 40.7 Å². The molecule has 6 nitrogen and oxygen atoms in total. The van der Waals surface area contributed by atoms with Gasteiger partial charge >= 0.3 is 0 Å². The SMILES string of the molecule is CNc1cc(N2Cc3ccc(C(=O)NCc4ccc(Cl)cc4Cl)cc3C2)nc(-c2ccccc2)n1. The summed E-state index contributed by atoms with van der Waals surface area (Å²) in [7, 11) is 1.85. The standard InChI is InChI=1S/C27H23Cl2N5O/c1-30-24-13-25(33-26(32-24)17-5-3-2-4-6-17)34-15-20-8-7-18(11-21(20)16-34)27(35)31-14-19-9-10-22(28)12-23(19)29/h2-13H,14-16H2,1H3,(H,31,35)(H,30,32,33). The van der Waals surface area contributed by atoms with Crippen LogP contribution in [0.2, 0.25) is 10.0 Å². The van der Waals surface area contributed by atoms with Gasteiger partial charge in [-0.2, -0.15) is 0 Å². The number of benzene rings is 3. The molecular weight excluding hydrogens is 481 g/mol. The van der Waals surface area contributed by atoms with Crippen LogP contribution in [0, 0.1) is 0 Å². The molecule has 0 bridgehead atoms. The van der Waals surface area contributed by atoms with Crippen molar-refractivity contribution in [2.75, 3.05) is 17.3 Å². The van der Waals surface area contributed by atoms with Crippen LogP contribution in [-0.4, -0.2) is 22.9 Å². The van der Waals surface area contributed by atoms with E-state index in [1.54, 1.807) is 12.1 Å². The fourth-order valence-electron chi connectivity index (χ4n) is 4.08. The maximum absolute atomic E-state index is 12.8. The van der Waals surface area contributed by atoms with Crippen molar-refractivity contribution in [3.63, 3.8) is 0 Å². The van der Waals surface area contributed by atoms with E-state index < -0.39 is 0 Å². The normalized spacial score (nSPS) is 12.4. The van der Waals surface area contributed by atoms with Crippen LogP contribution in [0.3, 0.4) is 0 Å². The van der Waals surface area contributed by atoms with E-state index in [2.05, 4.69) is 20.5 Å². The molecule has 0 spiro atoms. The average Bonchev–Trinajstić information content (AvgIpc) is 3.32. The van der Waals surface area contributed by atoms with E-state index in [9.17, 15) is 4.79 Å². The Morgan fingerprint density at radius 2 is 1.74 bits per heavy atom. The van der Waals surface area contributed by atoms with Crippen molar-refractivity contribution in [3.8, 4) is 11.4 Å². The van der Waals surface area contributed by atoms with E-state index in [0.29, 0.717) is 41.1 Å². The molecule has 1 aliphatic heterocycles. The highest BCUT2D eigenvalue weighted by atomic mass is 35.5. The maximum Gasteiger partial charge on any atom is 0.251 e. The first kappa shape index (κ1) is 23.1. The minimum absolute atomic E-state index is 0.150. The summed E-state index contributed by atoms with van der Waals surface area (Å²) in [5.41, 5.74) is 4.66. The molecule has 2 N–H and O–H groups in total. The Morgan fingerprint density at radius 3 is 2.51 bits per heavy atom. The monoisotopic (exact) mass is 503 g/mol. The van der Waals surface area contributed by atoms with E-state index >= 15 is 0 Å². The number of carbonyl (C=O) groups is 1. The van der Waals surface area contributed by atoms with Crippen molar-refractivity contribution in [3.05, 3.63) is 105 Å². The van der Waals surface area contributed by atoms with Crippen LogP contribution < -0.4 is 15.5 Å². The third kappa shape index (κ3) is 5.09. The number of amides is 1. The highest BCUT2D eigenvalue weighted by Crippen LogP contribution is 2.30. The van der Waals surface area contributed by atoms with Crippen LogP contribution in [0.4, 0.5) is 11.6 Å². The molecule has 5 rings (SSSR count). The molecule has 35 heavy (non-hydrogen) atoms. The van der Waals surface area contributed by atoms with Gasteiger partial charge in [-0.1, -0.05) is 65.7 Å². The lowest BCUT2D eigenvalue weighted by Crippen LogP contribution is -2.23. The molecule has 0 saturated heterocycles. The van der Waals surface area contributed by atoms with Crippen LogP contribution in [0.5, 0.6) is 0 Å². The molecular formula is C27H23Cl2N5O. The van der Waals surface area contributed by atoms with Crippen LogP contribution in [0.25, 0.3) is 11.4 Å². The maximum atomic E-state index is 12.8. The minimum atomic E-state index is -0.150. The van der Waals surface area contributed by atoms with Gasteiger partial charge in [0.2, 0.25) is 0 Å². The Bertz CT molecular complexity index is 1390. The van der Waals surface area contributed by atoms with Gasteiger partial charge < -0.3 is 15.5 Å². The molecule has 3 aromatic carbocycles. The smallest absolute Gasteiger partial charge is 0.251 e. The Labute approximate surface area is 213 Å². The summed E-state index contributed by atoms with van der Waals surface area (Å²) in [6.45, 7) is 1.70. The van der Waals surface area contributed by atoms with Crippen molar-refractivity contribution in [2.24, 2.45) is 0 Å². The van der Waals surface area contributed by atoms with E-state index in [4.69, 9.17) is 28.2 Å². The molecule has 2 heterocycles. The molecule has 1 aliphatic rings. The summed E-state index contributed by atoms with van der Waals surface area (Å²) < 4.78 is 0. The predicted molar refractivity (Wildman–Crippen MR) is 141 cm³/mol. The summed E-state index contributed by atoms with van der Waals surface area (Å²) in [6.07, 6.45) is 0. The Balaban J connectivity index is 1.32. The van der Waals surface area contributed by atoms with Crippen molar-refractivity contribution in [1.29, 1.82) is 0 Å². The number of fused-ring (bicyclic) bond motifs is 1. The number of nitrogens with zero attached hydrogens (tertiary/aromatic N) is 3. The summed E-state index contributed by atoms with van der Waals surface area (Å²) in [6, 6.07) is 22.9. The van der Waals surface area contributed by atoms with Crippen molar-refractivity contribution in [1.82, 2.24) is 15.3 Å². The first-order valence-corrected chi connectivity index (χ1v) is 12.0. The number of rotatable bonds is 6. The molecule has 176 valence electrons. The number of hydrogen-bond acceptors (Lipinski definition) is 5. The van der Waals surface area contributed by atoms with Crippen molar-refractivity contribution < 1.29 is 4.79 Å². The summed E-state index contributed by atoms with van der Waals surface area (Å²) in [5, 5.41) is 7.17. The molecule has 8 heteroatoms. The zero-order valence-corrected chi connectivity index (χ0v) is 20.6. The Kier molecular flexibility index (Phi) is 6.57. The average molecular weight is 504 g/mol. The fraction of sp³-hybridized carbons (Fsp3) is 0.148. The van der Waals surface area contributed by atoms with Crippen LogP contribution in [0.1, 0.15) is 27.0 Å². The molecule has 0 fully saturated rings. The van der Waals surface area contributed by atoms with Crippen LogP contribution >= 0.6 is 23.2 Å². The molecule has 4 aromatic rings. The number of nitrogens with one attached hydrogen (secondary N) is 2. The molecule has 0 radical (unpaired) electrons. The first-order chi connectivity index (χ1) is 17.0. The van der Waals surface area contributed by atoms with E-state index in [1.807, 2.05) is 67.7 Å². The Morgan fingerprint density at radius 1 is 0.943 bits per heavy atom. The van der Waals surface area contributed by atoms with Gasteiger partial charge in [-0.25, -0.2) is 9.97 Å². The van der Waals surface area contributed by atoms with E-state index in [0.717, 1.165) is 28.3 Å². The topological polar surface area (TPSA) is 70.2 Å². The second-order valence-electron chi connectivity index (χ2n) is 8.31. The van der Waals surface area contributed by atoms with E-state index in [-0.39, 0.29) is 5.91 Å². The third-order valence-corrected chi connectivity index (χ3v) is 6.56. The summed E-state index contributed by atoms with van der Waals surface area (Å²) >= 11 is 12.2. The molecule has 0 atom stereocenters. The molecule has 0 saturated carbocycles. The number of aromatic nitrogens is 2. The fourth-order valence-corrected chi connectivity index (χ4v) is 4.56. The van der Waals surface area contributed by atoms with Gasteiger partial charge in [-0.05, 0) is 41.0 Å². The molecule has 0 aliphatic carbocycles. The van der Waals surface area contributed by atoms with Gasteiger partial charge in [0.05, 0.1) is 0 Å². The van der Waals surface area contributed by atoms with Gasteiger partial charge in [0.1, 0.15) is 11.6 Å². The zero-order valence-electron chi connectivity index (χ0n) is 19.1. The van der Waals surface area contributed by atoms with Gasteiger partial charge in [0.15, 0.2) is 5.82 Å². The second kappa shape index (κ2) is 9.94. The van der Waals surface area contributed by atoms with Gasteiger partial charge in [0.25, 0.3) is 5.91 Å². The number of hydrogen-bond donors (Lipinski definition) is 2. The van der Waals surface area contributed by atoms with Crippen LogP contribution in [0.15, 0.2) is 72.8 Å². The molecule has 1 amide bonds. The number of carbonyl (C=O) groups excluding carboxylic acids is 1. The summed E-state index contributed by atoms with van der Waals surface area (Å²) in [5.74, 6) is 2.11. The lowest BCUT2D eigenvalue weighted by atomic mass is 10.1. The third-order valence-electron chi connectivity index (χ3n) is 5.97. The highest BCUT2D eigenvalue weighted by molar-refractivity contribution is 6.35. The second-order valence-corrected chi connectivity index (χ2v) is 9.15. The van der Waals surface area contributed by atoms with Gasteiger partial charge in [-0.3, -0.25) is 4.79 Å². The van der Waals surface area contributed by atoms with Crippen molar-refractivity contribution in [2.45, 2.75) is 19.6 Å². The van der Waals surface area contributed by atoms with E-state index in [1.165, 1.54) is 5.56 Å². The molecule has 1 aromatic heterocycles. The van der Waals surface area contributed by atoms with Gasteiger partial charge in [-0.15, -0.1) is 0 Å². The quantitative estimate of drug-likeness (QED) is 0.340.